The van der Waals surface area contributed by atoms with Crippen molar-refractivity contribution in [2.75, 3.05) is 24.7 Å². The molecule has 2 heterocycles. The van der Waals surface area contributed by atoms with E-state index < -0.39 is 0 Å². The fraction of sp³-hybridized carbons (Fsp3) is 0.261. The molecule has 1 fully saturated rings. The van der Waals surface area contributed by atoms with Crippen molar-refractivity contribution < 1.29 is 9.53 Å². The van der Waals surface area contributed by atoms with E-state index in [1.165, 1.54) is 6.08 Å². The average Bonchev–Trinajstić information content (AvgIpc) is 3.42. The number of ether oxygens (including phenoxy) is 1. The summed E-state index contributed by atoms with van der Waals surface area (Å²) in [5, 5.41) is 0. The Hall–Kier alpha value is -3.21. The summed E-state index contributed by atoms with van der Waals surface area (Å²) >= 11 is 0. The van der Waals surface area contributed by atoms with Gasteiger partial charge in [0, 0.05) is 37.2 Å². The largest absolute Gasteiger partial charge is 0.489 e. The minimum Gasteiger partial charge on any atom is -0.489 e. The quantitative estimate of drug-likeness (QED) is 0.723. The highest BCUT2D eigenvalue weighted by Gasteiger charge is 2.30. The first-order chi connectivity index (χ1) is 13.7. The SMILES string of the molecule is C=CC(=O)N1CC[C@@H](N2C=CN(c3ccc(OCc4ccccc4)cc3)C2)C1. The van der Waals surface area contributed by atoms with Crippen molar-refractivity contribution in [2.24, 2.45) is 0 Å². The zero-order chi connectivity index (χ0) is 19.3. The van der Waals surface area contributed by atoms with Gasteiger partial charge in [-0.1, -0.05) is 36.9 Å². The highest BCUT2D eigenvalue weighted by molar-refractivity contribution is 5.87. The van der Waals surface area contributed by atoms with Gasteiger partial charge >= 0.3 is 0 Å². The molecule has 144 valence electrons. The number of nitrogens with zero attached hydrogens (tertiary/aromatic N) is 3. The summed E-state index contributed by atoms with van der Waals surface area (Å²) in [7, 11) is 0. The molecule has 0 radical (unpaired) electrons. The molecule has 5 nitrogen and oxygen atoms in total. The summed E-state index contributed by atoms with van der Waals surface area (Å²) < 4.78 is 5.86. The minimum atomic E-state index is 0.0219. The van der Waals surface area contributed by atoms with Crippen LogP contribution in [-0.2, 0) is 11.4 Å². The highest BCUT2D eigenvalue weighted by atomic mass is 16.5. The van der Waals surface area contributed by atoms with E-state index in [4.69, 9.17) is 4.74 Å². The van der Waals surface area contributed by atoms with E-state index in [2.05, 4.69) is 53.0 Å². The maximum Gasteiger partial charge on any atom is 0.246 e. The van der Waals surface area contributed by atoms with Crippen LogP contribution in [0, 0.1) is 0 Å². The van der Waals surface area contributed by atoms with Crippen LogP contribution in [-0.4, -0.2) is 41.5 Å². The van der Waals surface area contributed by atoms with E-state index in [9.17, 15) is 4.79 Å². The number of carbonyl (C=O) groups excluding carboxylic acids is 1. The van der Waals surface area contributed by atoms with Gasteiger partial charge in [0.25, 0.3) is 0 Å². The molecule has 2 aromatic rings. The first-order valence-corrected chi connectivity index (χ1v) is 9.62. The number of rotatable bonds is 6. The predicted octanol–water partition coefficient (Wildman–Crippen LogP) is 3.60. The second-order valence-electron chi connectivity index (χ2n) is 7.12. The molecule has 2 aliphatic rings. The van der Waals surface area contributed by atoms with Crippen molar-refractivity contribution in [3.63, 3.8) is 0 Å². The smallest absolute Gasteiger partial charge is 0.246 e. The zero-order valence-corrected chi connectivity index (χ0v) is 15.9. The second-order valence-corrected chi connectivity index (χ2v) is 7.12. The van der Waals surface area contributed by atoms with E-state index in [1.54, 1.807) is 0 Å². The molecule has 1 amide bonds. The van der Waals surface area contributed by atoms with Crippen LogP contribution in [0.25, 0.3) is 0 Å². The van der Waals surface area contributed by atoms with Crippen LogP contribution in [0.2, 0.25) is 0 Å². The standard InChI is InChI=1S/C23H25N3O2/c1-2-23(27)24-13-12-21(16-24)26-15-14-25(18-26)20-8-10-22(11-9-20)28-17-19-6-4-3-5-7-19/h2-11,14-15,21H,1,12-13,16-18H2/t21-/m1/s1. The lowest BCUT2D eigenvalue weighted by Gasteiger charge is -2.26. The molecule has 2 aromatic carbocycles. The minimum absolute atomic E-state index is 0.0219. The number of hydrogen-bond donors (Lipinski definition) is 0. The van der Waals surface area contributed by atoms with Crippen LogP contribution in [0.5, 0.6) is 5.75 Å². The third-order valence-corrected chi connectivity index (χ3v) is 5.29. The van der Waals surface area contributed by atoms with Crippen molar-refractivity contribution >= 4 is 11.6 Å². The van der Waals surface area contributed by atoms with Gasteiger partial charge in [-0.15, -0.1) is 0 Å². The Morgan fingerprint density at radius 2 is 1.89 bits per heavy atom. The second kappa shape index (κ2) is 8.21. The molecule has 0 saturated carbocycles. The van der Waals surface area contributed by atoms with Gasteiger partial charge in [-0.2, -0.15) is 0 Å². The molecule has 0 unspecified atom stereocenters. The van der Waals surface area contributed by atoms with Crippen LogP contribution in [0.4, 0.5) is 5.69 Å². The fourth-order valence-electron chi connectivity index (χ4n) is 3.66. The van der Waals surface area contributed by atoms with Gasteiger partial charge in [0.15, 0.2) is 0 Å². The normalized spacial score (nSPS) is 18.6. The van der Waals surface area contributed by atoms with E-state index in [0.29, 0.717) is 12.6 Å². The van der Waals surface area contributed by atoms with Crippen molar-refractivity contribution in [1.82, 2.24) is 9.80 Å². The summed E-state index contributed by atoms with van der Waals surface area (Å²) in [6.07, 6.45) is 6.60. The van der Waals surface area contributed by atoms with Gasteiger partial charge in [-0.3, -0.25) is 4.79 Å². The number of amides is 1. The lowest BCUT2D eigenvalue weighted by atomic mass is 10.2. The third kappa shape index (κ3) is 4.03. The molecule has 0 aromatic heterocycles. The molecule has 4 rings (SSSR count). The van der Waals surface area contributed by atoms with Gasteiger partial charge in [0.2, 0.25) is 5.91 Å². The van der Waals surface area contributed by atoms with Crippen molar-refractivity contribution in [3.8, 4) is 5.75 Å². The Morgan fingerprint density at radius 3 is 2.64 bits per heavy atom. The maximum absolute atomic E-state index is 11.8. The Morgan fingerprint density at radius 1 is 1.11 bits per heavy atom. The van der Waals surface area contributed by atoms with Gasteiger partial charge in [0.05, 0.1) is 6.67 Å². The van der Waals surface area contributed by atoms with E-state index in [-0.39, 0.29) is 5.91 Å². The molecule has 1 atom stereocenters. The summed E-state index contributed by atoms with van der Waals surface area (Å²) in [5.74, 6) is 0.885. The predicted molar refractivity (Wildman–Crippen MR) is 111 cm³/mol. The molecule has 1 saturated heterocycles. The average molecular weight is 375 g/mol. The lowest BCUT2D eigenvalue weighted by Crippen LogP contribution is -2.37. The Labute approximate surface area is 166 Å². The number of benzene rings is 2. The number of hydrogen-bond acceptors (Lipinski definition) is 4. The Balaban J connectivity index is 1.30. The first-order valence-electron chi connectivity index (χ1n) is 9.62. The summed E-state index contributed by atoms with van der Waals surface area (Å²) in [6, 6.07) is 18.7. The number of carbonyl (C=O) groups is 1. The molecule has 28 heavy (non-hydrogen) atoms. The maximum atomic E-state index is 11.8. The molecule has 5 heteroatoms. The molecule has 0 N–H and O–H groups in total. The molecule has 0 spiro atoms. The first kappa shape index (κ1) is 18.2. The summed E-state index contributed by atoms with van der Waals surface area (Å²) in [5.41, 5.74) is 2.29. The monoisotopic (exact) mass is 375 g/mol. The van der Waals surface area contributed by atoms with Gasteiger partial charge < -0.3 is 19.4 Å². The van der Waals surface area contributed by atoms with Gasteiger partial charge in [-0.05, 0) is 42.3 Å². The van der Waals surface area contributed by atoms with Crippen molar-refractivity contribution in [1.29, 1.82) is 0 Å². The molecular weight excluding hydrogens is 350 g/mol. The summed E-state index contributed by atoms with van der Waals surface area (Å²) in [4.78, 5) is 18.2. The van der Waals surface area contributed by atoms with E-state index in [0.717, 1.165) is 43.2 Å². The van der Waals surface area contributed by atoms with Crippen LogP contribution >= 0.6 is 0 Å². The highest BCUT2D eigenvalue weighted by Crippen LogP contribution is 2.26. The third-order valence-electron chi connectivity index (χ3n) is 5.29. The fourth-order valence-corrected chi connectivity index (χ4v) is 3.66. The Kier molecular flexibility index (Phi) is 5.33. The van der Waals surface area contributed by atoms with Crippen molar-refractivity contribution in [3.05, 3.63) is 85.2 Å². The number of anilines is 1. The van der Waals surface area contributed by atoms with Crippen molar-refractivity contribution in [2.45, 2.75) is 19.1 Å². The van der Waals surface area contributed by atoms with Crippen LogP contribution in [0.3, 0.4) is 0 Å². The lowest BCUT2D eigenvalue weighted by molar-refractivity contribution is -0.125. The van der Waals surface area contributed by atoms with E-state index >= 15 is 0 Å². The number of likely N-dealkylation sites (tertiary alicyclic amines) is 1. The Bertz CT molecular complexity index is 848. The molecule has 2 aliphatic heterocycles. The molecular formula is C23H25N3O2. The topological polar surface area (TPSA) is 36.0 Å². The van der Waals surface area contributed by atoms with E-state index in [1.807, 2.05) is 35.2 Å². The summed E-state index contributed by atoms with van der Waals surface area (Å²) in [6.45, 7) is 6.50. The van der Waals surface area contributed by atoms with Gasteiger partial charge in [0.1, 0.15) is 12.4 Å². The molecule has 0 aliphatic carbocycles. The van der Waals surface area contributed by atoms with Crippen LogP contribution in [0.15, 0.2) is 79.7 Å². The zero-order valence-electron chi connectivity index (χ0n) is 15.9. The van der Waals surface area contributed by atoms with Gasteiger partial charge in [-0.25, -0.2) is 0 Å². The van der Waals surface area contributed by atoms with Crippen LogP contribution in [0.1, 0.15) is 12.0 Å². The van der Waals surface area contributed by atoms with Crippen LogP contribution < -0.4 is 9.64 Å². The molecule has 0 bridgehead atoms.